The molecule has 3 aromatic rings. The van der Waals surface area contributed by atoms with Gasteiger partial charge in [-0.15, -0.1) is 0 Å². The average molecular weight is 409 g/mol. The maximum absolute atomic E-state index is 14.6. The number of aromatic nitrogens is 1. The first-order chi connectivity index (χ1) is 13.6. The third-order valence-electron chi connectivity index (χ3n) is 4.45. The Bertz CT molecular complexity index is 1020. The molecule has 3 nitrogen and oxygen atoms in total. The number of alkyl halides is 5. The molecule has 0 fully saturated rings. The lowest BCUT2D eigenvalue weighted by Gasteiger charge is -2.23. The monoisotopic (exact) mass is 409 g/mol. The minimum atomic E-state index is -5.91. The van der Waals surface area contributed by atoms with Crippen LogP contribution in [0.25, 0.3) is 16.8 Å². The van der Waals surface area contributed by atoms with Crippen LogP contribution in [0.4, 0.5) is 22.0 Å². The predicted molar refractivity (Wildman–Crippen MR) is 97.2 cm³/mol. The van der Waals surface area contributed by atoms with Crippen molar-refractivity contribution in [3.05, 3.63) is 77.6 Å². The molecule has 3 rings (SSSR count). The fourth-order valence-corrected chi connectivity index (χ4v) is 3.00. The number of hydrogen-bond donors (Lipinski definition) is 0. The molecule has 152 valence electrons. The lowest BCUT2D eigenvalue weighted by atomic mass is 10.0. The van der Waals surface area contributed by atoms with E-state index in [2.05, 4.69) is 4.74 Å². The van der Waals surface area contributed by atoms with Gasteiger partial charge in [-0.2, -0.15) is 22.0 Å². The largest absolute Gasteiger partial charge is 0.465 e. The van der Waals surface area contributed by atoms with Gasteiger partial charge in [-0.25, -0.2) is 4.79 Å². The van der Waals surface area contributed by atoms with Crippen molar-refractivity contribution in [1.82, 2.24) is 4.57 Å². The predicted octanol–water partition coefficient (Wildman–Crippen LogP) is 5.89. The van der Waals surface area contributed by atoms with Gasteiger partial charge in [-0.05, 0) is 24.6 Å². The Morgan fingerprint density at radius 2 is 1.52 bits per heavy atom. The summed E-state index contributed by atoms with van der Waals surface area (Å²) < 4.78 is 74.5. The quantitative estimate of drug-likeness (QED) is 0.397. The molecule has 0 saturated heterocycles. The number of benzene rings is 2. The topological polar surface area (TPSA) is 31.2 Å². The third-order valence-corrected chi connectivity index (χ3v) is 4.45. The van der Waals surface area contributed by atoms with E-state index in [1.807, 2.05) is 0 Å². The maximum Gasteiger partial charge on any atom is 0.459 e. The fraction of sp³-hybridized carbons (Fsp3) is 0.190. The number of hydrogen-bond acceptors (Lipinski definition) is 2. The van der Waals surface area contributed by atoms with E-state index in [4.69, 9.17) is 0 Å². The molecule has 0 spiro atoms. The summed E-state index contributed by atoms with van der Waals surface area (Å²) in [5.74, 6) is -6.58. The van der Waals surface area contributed by atoms with Crippen LogP contribution >= 0.6 is 0 Å². The Balaban J connectivity index is 2.43. The number of carbonyl (C=O) groups excluding carboxylic acids is 1. The zero-order chi connectivity index (χ0) is 21.4. The second-order valence-corrected chi connectivity index (χ2v) is 6.40. The molecule has 0 unspecified atom stereocenters. The van der Waals surface area contributed by atoms with Crippen molar-refractivity contribution in [2.75, 3.05) is 7.11 Å². The third kappa shape index (κ3) is 3.62. The first-order valence-corrected chi connectivity index (χ1v) is 8.49. The molecule has 1 aromatic heterocycles. The molecule has 0 saturated carbocycles. The van der Waals surface area contributed by atoms with Gasteiger partial charge in [-0.1, -0.05) is 48.0 Å². The molecule has 0 N–H and O–H groups in total. The van der Waals surface area contributed by atoms with Gasteiger partial charge in [0.05, 0.1) is 12.7 Å². The van der Waals surface area contributed by atoms with Crippen molar-refractivity contribution < 1.29 is 31.5 Å². The summed E-state index contributed by atoms with van der Waals surface area (Å²) in [6.45, 7) is 1.75. The molecule has 0 radical (unpaired) electrons. The van der Waals surface area contributed by atoms with Gasteiger partial charge in [0.2, 0.25) is 0 Å². The maximum atomic E-state index is 14.6. The van der Waals surface area contributed by atoms with Crippen LogP contribution in [0.3, 0.4) is 0 Å². The van der Waals surface area contributed by atoms with Gasteiger partial charge in [-0.3, -0.25) is 0 Å². The molecule has 1 heterocycles. The summed E-state index contributed by atoms with van der Waals surface area (Å²) in [6, 6.07) is 13.8. The molecule has 29 heavy (non-hydrogen) atoms. The standard InChI is InChI=1S/C21H16F5NO2/c1-13-8-10-15(11-9-13)27-12-16(14-6-4-3-5-7-14)17(19(28)29-2)18(27)20(22,23)21(24,25)26/h3-12H,1-2H3. The highest BCUT2D eigenvalue weighted by Gasteiger charge is 2.62. The SMILES string of the molecule is COC(=O)c1c(-c2ccccc2)cn(-c2ccc(C)cc2)c1C(F)(F)C(F)(F)F. The number of aryl methyl sites for hydroxylation is 1. The Hall–Kier alpha value is -3.16. The van der Waals surface area contributed by atoms with Crippen LogP contribution in [0.2, 0.25) is 0 Å². The average Bonchev–Trinajstić information content (AvgIpc) is 3.09. The Labute approximate surface area is 163 Å². The van der Waals surface area contributed by atoms with Crippen LogP contribution in [0.1, 0.15) is 21.6 Å². The Kier molecular flexibility index (Phi) is 5.21. The zero-order valence-electron chi connectivity index (χ0n) is 15.4. The minimum absolute atomic E-state index is 0.0573. The number of nitrogens with zero attached hydrogens (tertiary/aromatic N) is 1. The van der Waals surface area contributed by atoms with Crippen LogP contribution < -0.4 is 0 Å². The molecule has 0 aliphatic rings. The molecule has 0 aliphatic heterocycles. The summed E-state index contributed by atoms with van der Waals surface area (Å²) in [4.78, 5) is 12.4. The van der Waals surface area contributed by atoms with E-state index < -0.39 is 29.3 Å². The summed E-state index contributed by atoms with van der Waals surface area (Å²) >= 11 is 0. The second kappa shape index (κ2) is 7.35. The van der Waals surface area contributed by atoms with Crippen LogP contribution in [0.15, 0.2) is 60.8 Å². The highest BCUT2D eigenvalue weighted by atomic mass is 19.4. The number of rotatable bonds is 4. The highest BCUT2D eigenvalue weighted by Crippen LogP contribution is 2.48. The Morgan fingerprint density at radius 1 is 0.931 bits per heavy atom. The number of carbonyl (C=O) groups is 1. The molecule has 0 atom stereocenters. The molecule has 2 aromatic carbocycles. The minimum Gasteiger partial charge on any atom is -0.465 e. The van der Waals surface area contributed by atoms with E-state index in [9.17, 15) is 26.7 Å². The van der Waals surface area contributed by atoms with Gasteiger partial charge in [0.1, 0.15) is 5.69 Å². The number of ether oxygens (including phenoxy) is 1. The number of halogens is 5. The van der Waals surface area contributed by atoms with Crippen LogP contribution in [0, 0.1) is 6.92 Å². The summed E-state index contributed by atoms with van der Waals surface area (Å²) in [5.41, 5.74) is -1.25. The molecule has 0 amide bonds. The first kappa shape index (κ1) is 20.6. The van der Waals surface area contributed by atoms with Gasteiger partial charge in [0.15, 0.2) is 0 Å². The molecular weight excluding hydrogens is 393 g/mol. The molecule has 0 bridgehead atoms. The first-order valence-electron chi connectivity index (χ1n) is 8.49. The number of esters is 1. The van der Waals surface area contributed by atoms with Crippen LogP contribution in [-0.2, 0) is 10.7 Å². The normalized spacial score (nSPS) is 12.1. The molecule has 8 heteroatoms. The summed E-state index contributed by atoms with van der Waals surface area (Å²) in [6.07, 6.45) is -4.81. The van der Waals surface area contributed by atoms with E-state index in [1.54, 1.807) is 37.3 Å². The highest BCUT2D eigenvalue weighted by molar-refractivity contribution is 5.99. The molecular formula is C21H16F5NO2. The number of methoxy groups -OCH3 is 1. The van der Waals surface area contributed by atoms with E-state index in [1.165, 1.54) is 24.3 Å². The van der Waals surface area contributed by atoms with E-state index >= 15 is 0 Å². The summed E-state index contributed by atoms with van der Waals surface area (Å²) in [7, 11) is 0.926. The second-order valence-electron chi connectivity index (χ2n) is 6.40. The van der Waals surface area contributed by atoms with Crippen molar-refractivity contribution in [3.8, 4) is 16.8 Å². The van der Waals surface area contributed by atoms with Crippen LogP contribution in [-0.4, -0.2) is 23.8 Å². The fourth-order valence-electron chi connectivity index (χ4n) is 3.00. The van der Waals surface area contributed by atoms with Crippen molar-refractivity contribution in [1.29, 1.82) is 0 Å². The Morgan fingerprint density at radius 3 is 2.03 bits per heavy atom. The van der Waals surface area contributed by atoms with Gasteiger partial charge >= 0.3 is 18.1 Å². The van der Waals surface area contributed by atoms with E-state index in [0.29, 0.717) is 10.1 Å². The smallest absolute Gasteiger partial charge is 0.459 e. The van der Waals surface area contributed by atoms with Crippen molar-refractivity contribution in [2.24, 2.45) is 0 Å². The van der Waals surface area contributed by atoms with Crippen LogP contribution in [0.5, 0.6) is 0 Å². The van der Waals surface area contributed by atoms with Gasteiger partial charge in [0, 0.05) is 17.4 Å². The molecule has 0 aliphatic carbocycles. The van der Waals surface area contributed by atoms with Crippen molar-refractivity contribution >= 4 is 5.97 Å². The van der Waals surface area contributed by atoms with E-state index in [-0.39, 0.29) is 11.3 Å². The van der Waals surface area contributed by atoms with Crippen molar-refractivity contribution in [2.45, 2.75) is 19.0 Å². The van der Waals surface area contributed by atoms with Gasteiger partial charge in [0.25, 0.3) is 0 Å². The van der Waals surface area contributed by atoms with E-state index in [0.717, 1.165) is 18.9 Å². The zero-order valence-corrected chi connectivity index (χ0v) is 15.4. The van der Waals surface area contributed by atoms with Crippen molar-refractivity contribution in [3.63, 3.8) is 0 Å². The van der Waals surface area contributed by atoms with Gasteiger partial charge < -0.3 is 9.30 Å². The lowest BCUT2D eigenvalue weighted by Crippen LogP contribution is -2.37. The lowest BCUT2D eigenvalue weighted by molar-refractivity contribution is -0.291. The summed E-state index contributed by atoms with van der Waals surface area (Å²) in [5, 5.41) is 0.